The number of ketones is 1. The Bertz CT molecular complexity index is 892. The highest BCUT2D eigenvalue weighted by Crippen LogP contribution is 2.20. The fourth-order valence-electron chi connectivity index (χ4n) is 2.92. The zero-order valence-electron chi connectivity index (χ0n) is 18.6. The summed E-state index contributed by atoms with van der Waals surface area (Å²) in [5.41, 5.74) is 0.273. The van der Waals surface area contributed by atoms with Crippen LogP contribution in [0.3, 0.4) is 0 Å². The fraction of sp³-hybridized carbons (Fsp3) is 0.458. The molecule has 0 atom stereocenters. The average molecular weight is 432 g/mol. The average Bonchev–Trinajstić information content (AvgIpc) is 2.71. The molecule has 0 spiro atoms. The van der Waals surface area contributed by atoms with E-state index < -0.39 is 23.3 Å². The van der Waals surface area contributed by atoms with Crippen LogP contribution in [0.1, 0.15) is 81.8 Å². The minimum absolute atomic E-state index is 0.267. The van der Waals surface area contributed by atoms with Gasteiger partial charge in [-0.1, -0.05) is 50.0 Å². The number of allylic oxidation sites excluding steroid dienone is 5. The molecule has 0 radical (unpaired) electrons. The lowest BCUT2D eigenvalue weighted by atomic mass is 10.0. The quantitative estimate of drug-likeness (QED) is 0.164. The van der Waals surface area contributed by atoms with Gasteiger partial charge in [0.15, 0.2) is 5.78 Å². The van der Waals surface area contributed by atoms with Crippen LogP contribution in [0.25, 0.3) is 0 Å². The third kappa shape index (κ3) is 9.98. The molecule has 0 aliphatic rings. The third-order valence-electron chi connectivity index (χ3n) is 4.73. The van der Waals surface area contributed by atoms with E-state index in [9.17, 15) is 19.5 Å². The van der Waals surface area contributed by atoms with Crippen molar-refractivity contribution in [1.82, 2.24) is 5.32 Å². The Labute approximate surface area is 183 Å². The summed E-state index contributed by atoms with van der Waals surface area (Å²) in [5, 5.41) is 20.8. The maximum atomic E-state index is 12.6. The largest absolute Gasteiger partial charge is 0.507 e. The standard InChI is InChI=1S/C24H33NO6/c1-4-5-6-8-11-17(2)13-14-18(3)22(27)21-20(26)16-19(31-23(21)28)12-9-7-10-15-25-24(29)30/h10,13-16,25-26H,4-9,11-12H2,1-3H3,(H,29,30)/b15-10+,17-13+,18-14+. The van der Waals surface area contributed by atoms with E-state index >= 15 is 0 Å². The van der Waals surface area contributed by atoms with Gasteiger partial charge in [0.25, 0.3) is 0 Å². The van der Waals surface area contributed by atoms with Crippen LogP contribution in [0.2, 0.25) is 0 Å². The highest BCUT2D eigenvalue weighted by molar-refractivity contribution is 6.09. The summed E-state index contributed by atoms with van der Waals surface area (Å²) >= 11 is 0. The number of amides is 1. The van der Waals surface area contributed by atoms with Crippen molar-refractivity contribution in [3.05, 3.63) is 63.4 Å². The molecule has 0 fully saturated rings. The van der Waals surface area contributed by atoms with E-state index in [0.717, 1.165) is 18.4 Å². The predicted octanol–water partition coefficient (Wildman–Crippen LogP) is 5.50. The number of hydrogen-bond acceptors (Lipinski definition) is 5. The molecule has 3 N–H and O–H groups in total. The molecule has 0 bridgehead atoms. The van der Waals surface area contributed by atoms with Gasteiger partial charge in [-0.25, -0.2) is 9.59 Å². The van der Waals surface area contributed by atoms with E-state index in [1.807, 2.05) is 13.0 Å². The first-order valence-electron chi connectivity index (χ1n) is 10.7. The van der Waals surface area contributed by atoms with Crippen molar-refractivity contribution in [2.24, 2.45) is 0 Å². The number of Topliss-reactive ketones (excluding diaryl/α,β-unsaturated/α-hetero) is 1. The van der Waals surface area contributed by atoms with Crippen LogP contribution in [0, 0.1) is 0 Å². The molecule has 1 amide bonds. The molecule has 1 heterocycles. The molecule has 7 heteroatoms. The van der Waals surface area contributed by atoms with Gasteiger partial charge in [-0.05, 0) is 45.1 Å². The maximum Gasteiger partial charge on any atom is 0.408 e. The predicted molar refractivity (Wildman–Crippen MR) is 120 cm³/mol. The van der Waals surface area contributed by atoms with Gasteiger partial charge in [-0.15, -0.1) is 0 Å². The second-order valence-corrected chi connectivity index (χ2v) is 7.51. The molecule has 0 aromatic carbocycles. The monoisotopic (exact) mass is 431 g/mol. The van der Waals surface area contributed by atoms with Crippen molar-refractivity contribution in [2.45, 2.75) is 72.1 Å². The van der Waals surface area contributed by atoms with Crippen LogP contribution in [-0.2, 0) is 6.42 Å². The van der Waals surface area contributed by atoms with Crippen LogP contribution in [0.5, 0.6) is 5.75 Å². The number of carbonyl (C=O) groups is 2. The van der Waals surface area contributed by atoms with Crippen LogP contribution in [0.15, 0.2) is 50.9 Å². The number of unbranched alkanes of at least 4 members (excludes halogenated alkanes) is 4. The maximum absolute atomic E-state index is 12.6. The van der Waals surface area contributed by atoms with Gasteiger partial charge in [0.05, 0.1) is 0 Å². The summed E-state index contributed by atoms with van der Waals surface area (Å²) in [7, 11) is 0. The minimum atomic E-state index is -1.14. The summed E-state index contributed by atoms with van der Waals surface area (Å²) in [6, 6.07) is 1.29. The number of rotatable bonds is 13. The molecule has 31 heavy (non-hydrogen) atoms. The highest BCUT2D eigenvalue weighted by Gasteiger charge is 2.20. The Hall–Kier alpha value is -3.09. The van der Waals surface area contributed by atoms with Gasteiger partial charge in [-0.3, -0.25) is 10.1 Å². The van der Waals surface area contributed by atoms with Gasteiger partial charge in [-0.2, -0.15) is 0 Å². The van der Waals surface area contributed by atoms with Gasteiger partial charge in [0.1, 0.15) is 17.1 Å². The van der Waals surface area contributed by atoms with Crippen molar-refractivity contribution in [3.63, 3.8) is 0 Å². The Balaban J connectivity index is 2.74. The zero-order chi connectivity index (χ0) is 23.2. The summed E-state index contributed by atoms with van der Waals surface area (Å²) in [6.07, 6.45) is 12.5. The number of aromatic hydroxyl groups is 1. The molecule has 0 saturated carbocycles. The molecule has 7 nitrogen and oxygen atoms in total. The SMILES string of the molecule is CCCCCC/C(C)=C/C=C(\C)C(=O)c1c(O)cc(CCC/C=C/NC(=O)O)oc1=O. The second-order valence-electron chi connectivity index (χ2n) is 7.51. The van der Waals surface area contributed by atoms with E-state index in [1.54, 1.807) is 19.1 Å². The zero-order valence-corrected chi connectivity index (χ0v) is 18.6. The second kappa shape index (κ2) is 14.0. The van der Waals surface area contributed by atoms with E-state index in [1.165, 1.54) is 31.5 Å². The molecule has 0 aliphatic carbocycles. The molecular weight excluding hydrogens is 398 g/mol. The van der Waals surface area contributed by atoms with E-state index in [4.69, 9.17) is 9.52 Å². The van der Waals surface area contributed by atoms with E-state index in [-0.39, 0.29) is 11.3 Å². The summed E-state index contributed by atoms with van der Waals surface area (Å²) in [6.45, 7) is 5.78. The van der Waals surface area contributed by atoms with Gasteiger partial charge >= 0.3 is 11.7 Å². The van der Waals surface area contributed by atoms with Crippen molar-refractivity contribution in [3.8, 4) is 5.75 Å². The van der Waals surface area contributed by atoms with Crippen LogP contribution in [0.4, 0.5) is 4.79 Å². The summed E-state index contributed by atoms with van der Waals surface area (Å²) in [5.74, 6) is -0.689. The van der Waals surface area contributed by atoms with Crippen molar-refractivity contribution in [2.75, 3.05) is 0 Å². The van der Waals surface area contributed by atoms with Crippen molar-refractivity contribution in [1.29, 1.82) is 0 Å². The molecule has 0 unspecified atom stereocenters. The molecule has 1 aromatic rings. The fourth-order valence-corrected chi connectivity index (χ4v) is 2.92. The van der Waals surface area contributed by atoms with Crippen LogP contribution >= 0.6 is 0 Å². The number of aryl methyl sites for hydroxylation is 1. The first-order chi connectivity index (χ1) is 14.8. The molecular formula is C24H33NO6. The third-order valence-corrected chi connectivity index (χ3v) is 4.73. The Morgan fingerprint density at radius 3 is 2.52 bits per heavy atom. The first kappa shape index (κ1) is 25.9. The molecule has 1 rings (SSSR count). The van der Waals surface area contributed by atoms with Crippen LogP contribution in [-0.4, -0.2) is 22.1 Å². The lowest BCUT2D eigenvalue weighted by Gasteiger charge is -2.05. The number of hydrogen-bond donors (Lipinski definition) is 3. The molecule has 0 saturated heterocycles. The first-order valence-corrected chi connectivity index (χ1v) is 10.7. The molecule has 170 valence electrons. The summed E-state index contributed by atoms with van der Waals surface area (Å²) in [4.78, 5) is 35.2. The lowest BCUT2D eigenvalue weighted by molar-refractivity contribution is 0.102. The smallest absolute Gasteiger partial charge is 0.408 e. The number of nitrogens with one attached hydrogen (secondary N) is 1. The van der Waals surface area contributed by atoms with Gasteiger partial charge in [0, 0.05) is 18.7 Å². The number of carboxylic acid groups (broad SMARTS) is 1. The van der Waals surface area contributed by atoms with Gasteiger partial charge in [0.2, 0.25) is 0 Å². The van der Waals surface area contributed by atoms with Crippen LogP contribution < -0.4 is 10.9 Å². The normalized spacial score (nSPS) is 12.4. The van der Waals surface area contributed by atoms with E-state index in [0.29, 0.717) is 24.8 Å². The Kier molecular flexibility index (Phi) is 11.7. The topological polar surface area (TPSA) is 117 Å². The van der Waals surface area contributed by atoms with Gasteiger partial charge < -0.3 is 14.6 Å². The molecule has 1 aromatic heterocycles. The highest BCUT2D eigenvalue weighted by atomic mass is 16.4. The molecule has 0 aliphatic heterocycles. The van der Waals surface area contributed by atoms with Crippen molar-refractivity contribution >= 4 is 11.9 Å². The number of carbonyl (C=O) groups excluding carboxylic acids is 1. The van der Waals surface area contributed by atoms with E-state index in [2.05, 4.69) is 12.2 Å². The van der Waals surface area contributed by atoms with Crippen molar-refractivity contribution < 1.29 is 24.2 Å². The minimum Gasteiger partial charge on any atom is -0.507 e. The summed E-state index contributed by atoms with van der Waals surface area (Å²) < 4.78 is 5.19. The Morgan fingerprint density at radius 2 is 1.87 bits per heavy atom. The lowest BCUT2D eigenvalue weighted by Crippen LogP contribution is -2.16. The Morgan fingerprint density at radius 1 is 1.13 bits per heavy atom.